The number of rotatable bonds is 6. The Balaban J connectivity index is 1.96. The van der Waals surface area contributed by atoms with E-state index in [1.54, 1.807) is 37.3 Å². The summed E-state index contributed by atoms with van der Waals surface area (Å²) >= 11 is 0. The standard InChI is InChI=1S/C18H18O5/c1-2-22-18(21)12-23-17-7-5-13(6-8-17)3-4-14-9-15(19)11-16(20)10-14/h3-11,19-20H,2,12H2,1H3/b4-3+. The van der Waals surface area contributed by atoms with Crippen molar-refractivity contribution in [1.29, 1.82) is 0 Å². The quantitative estimate of drug-likeness (QED) is 0.632. The molecule has 0 saturated heterocycles. The Kier molecular flexibility index (Phi) is 5.63. The van der Waals surface area contributed by atoms with Crippen molar-refractivity contribution in [3.8, 4) is 17.2 Å². The van der Waals surface area contributed by atoms with Crippen LogP contribution in [0.1, 0.15) is 18.1 Å². The van der Waals surface area contributed by atoms with Crippen molar-refractivity contribution >= 4 is 18.1 Å². The summed E-state index contributed by atoms with van der Waals surface area (Å²) in [5.74, 6) is 0.185. The summed E-state index contributed by atoms with van der Waals surface area (Å²) in [4.78, 5) is 11.2. The van der Waals surface area contributed by atoms with Crippen molar-refractivity contribution in [2.75, 3.05) is 13.2 Å². The fourth-order valence-corrected chi connectivity index (χ4v) is 1.93. The maximum absolute atomic E-state index is 11.2. The SMILES string of the molecule is CCOC(=O)COc1ccc(/C=C/c2cc(O)cc(O)c2)cc1. The van der Waals surface area contributed by atoms with Crippen LogP contribution in [0.4, 0.5) is 0 Å². The van der Waals surface area contributed by atoms with Crippen molar-refractivity contribution in [3.63, 3.8) is 0 Å². The van der Waals surface area contributed by atoms with E-state index in [1.165, 1.54) is 6.07 Å². The summed E-state index contributed by atoms with van der Waals surface area (Å²) in [6.45, 7) is 1.95. The monoisotopic (exact) mass is 314 g/mol. The van der Waals surface area contributed by atoms with Crippen LogP contribution in [0, 0.1) is 0 Å². The molecule has 0 bridgehead atoms. The Bertz CT molecular complexity index is 669. The molecule has 2 aromatic carbocycles. The zero-order valence-corrected chi connectivity index (χ0v) is 12.7. The molecule has 2 aromatic rings. The number of carbonyl (C=O) groups is 1. The number of hydrogen-bond donors (Lipinski definition) is 2. The van der Waals surface area contributed by atoms with Crippen molar-refractivity contribution in [2.24, 2.45) is 0 Å². The maximum Gasteiger partial charge on any atom is 0.344 e. The third-order valence-electron chi connectivity index (χ3n) is 2.94. The van der Waals surface area contributed by atoms with Gasteiger partial charge in [-0.05, 0) is 42.3 Å². The first-order valence-corrected chi connectivity index (χ1v) is 7.16. The Labute approximate surface area is 134 Å². The van der Waals surface area contributed by atoms with E-state index in [1.807, 2.05) is 18.2 Å². The number of ether oxygens (including phenoxy) is 2. The number of benzene rings is 2. The van der Waals surface area contributed by atoms with E-state index in [0.717, 1.165) is 5.56 Å². The second-order valence-corrected chi connectivity index (χ2v) is 4.78. The van der Waals surface area contributed by atoms with Gasteiger partial charge in [-0.15, -0.1) is 0 Å². The Morgan fingerprint density at radius 2 is 1.61 bits per heavy atom. The lowest BCUT2D eigenvalue weighted by Gasteiger charge is -2.05. The van der Waals surface area contributed by atoms with Crippen molar-refractivity contribution < 1.29 is 24.5 Å². The maximum atomic E-state index is 11.2. The number of aromatic hydroxyl groups is 2. The Morgan fingerprint density at radius 3 is 2.22 bits per heavy atom. The predicted molar refractivity (Wildman–Crippen MR) is 87.3 cm³/mol. The molecule has 2 N–H and O–H groups in total. The molecule has 5 heteroatoms. The van der Waals surface area contributed by atoms with E-state index in [2.05, 4.69) is 0 Å². The number of phenols is 2. The Morgan fingerprint density at radius 1 is 1.00 bits per heavy atom. The molecular formula is C18H18O5. The fourth-order valence-electron chi connectivity index (χ4n) is 1.93. The van der Waals surface area contributed by atoms with Crippen LogP contribution in [-0.2, 0) is 9.53 Å². The first-order valence-electron chi connectivity index (χ1n) is 7.16. The Hall–Kier alpha value is -2.95. The van der Waals surface area contributed by atoms with Crippen molar-refractivity contribution in [3.05, 3.63) is 53.6 Å². The van der Waals surface area contributed by atoms with Crippen molar-refractivity contribution in [2.45, 2.75) is 6.92 Å². The largest absolute Gasteiger partial charge is 0.508 e. The number of esters is 1. The average Bonchev–Trinajstić information content (AvgIpc) is 2.51. The molecule has 5 nitrogen and oxygen atoms in total. The number of carbonyl (C=O) groups excluding carboxylic acids is 1. The van der Waals surface area contributed by atoms with Gasteiger partial charge in [-0.2, -0.15) is 0 Å². The van der Waals surface area contributed by atoms with Crippen LogP contribution in [0.25, 0.3) is 12.2 Å². The lowest BCUT2D eigenvalue weighted by atomic mass is 10.1. The average molecular weight is 314 g/mol. The summed E-state index contributed by atoms with van der Waals surface area (Å²) in [7, 11) is 0. The van der Waals surface area contributed by atoms with Crippen molar-refractivity contribution in [1.82, 2.24) is 0 Å². The van der Waals surface area contributed by atoms with Gasteiger partial charge < -0.3 is 19.7 Å². The first kappa shape index (κ1) is 16.4. The predicted octanol–water partition coefficient (Wildman–Crippen LogP) is 3.21. The molecule has 0 radical (unpaired) electrons. The molecule has 120 valence electrons. The minimum absolute atomic E-state index is 0.00682. The topological polar surface area (TPSA) is 76.0 Å². The molecule has 0 fully saturated rings. The van der Waals surface area contributed by atoms with Crippen LogP contribution >= 0.6 is 0 Å². The first-order chi connectivity index (χ1) is 11.1. The fraction of sp³-hybridized carbons (Fsp3) is 0.167. The normalized spacial score (nSPS) is 10.7. The molecule has 0 aromatic heterocycles. The zero-order valence-electron chi connectivity index (χ0n) is 12.7. The van der Waals surface area contributed by atoms with E-state index in [-0.39, 0.29) is 18.1 Å². The third-order valence-corrected chi connectivity index (χ3v) is 2.94. The van der Waals surface area contributed by atoms with Gasteiger partial charge in [-0.3, -0.25) is 0 Å². The summed E-state index contributed by atoms with van der Waals surface area (Å²) < 4.78 is 10.1. The molecule has 0 unspecified atom stereocenters. The smallest absolute Gasteiger partial charge is 0.344 e. The minimum atomic E-state index is -0.403. The summed E-state index contributed by atoms with van der Waals surface area (Å²) in [5, 5.41) is 18.8. The molecule has 2 rings (SSSR count). The van der Waals surface area contributed by atoms with E-state index in [4.69, 9.17) is 9.47 Å². The highest BCUT2D eigenvalue weighted by Gasteiger charge is 2.02. The number of hydrogen-bond acceptors (Lipinski definition) is 5. The van der Waals surface area contributed by atoms with Crippen LogP contribution in [0.2, 0.25) is 0 Å². The van der Waals surface area contributed by atoms with Gasteiger partial charge in [-0.25, -0.2) is 4.79 Å². The van der Waals surface area contributed by atoms with E-state index in [0.29, 0.717) is 17.9 Å². The number of phenolic OH excluding ortho intramolecular Hbond substituents is 2. The second-order valence-electron chi connectivity index (χ2n) is 4.78. The highest BCUT2D eigenvalue weighted by molar-refractivity contribution is 5.72. The highest BCUT2D eigenvalue weighted by atomic mass is 16.6. The minimum Gasteiger partial charge on any atom is -0.508 e. The van der Waals surface area contributed by atoms with Gasteiger partial charge >= 0.3 is 5.97 Å². The molecule has 0 spiro atoms. The summed E-state index contributed by atoms with van der Waals surface area (Å²) in [6, 6.07) is 11.5. The van der Waals surface area contributed by atoms with Crippen LogP contribution in [0.15, 0.2) is 42.5 Å². The van der Waals surface area contributed by atoms with Gasteiger partial charge in [0.25, 0.3) is 0 Å². The molecule has 0 aliphatic heterocycles. The lowest BCUT2D eigenvalue weighted by molar-refractivity contribution is -0.145. The van der Waals surface area contributed by atoms with E-state index >= 15 is 0 Å². The molecule has 0 atom stereocenters. The zero-order chi connectivity index (χ0) is 16.7. The van der Waals surface area contributed by atoms with Crippen LogP contribution in [0.3, 0.4) is 0 Å². The van der Waals surface area contributed by atoms with Crippen LogP contribution in [-0.4, -0.2) is 29.4 Å². The summed E-state index contributed by atoms with van der Waals surface area (Å²) in [6.07, 6.45) is 3.61. The molecule has 0 aliphatic carbocycles. The van der Waals surface area contributed by atoms with E-state index in [9.17, 15) is 15.0 Å². The molecule has 23 heavy (non-hydrogen) atoms. The molecule has 0 saturated carbocycles. The summed E-state index contributed by atoms with van der Waals surface area (Å²) in [5.41, 5.74) is 1.60. The van der Waals surface area contributed by atoms with Crippen LogP contribution in [0.5, 0.6) is 17.2 Å². The lowest BCUT2D eigenvalue weighted by Crippen LogP contribution is -2.14. The van der Waals surface area contributed by atoms with Crippen LogP contribution < -0.4 is 4.74 Å². The molecule has 0 amide bonds. The highest BCUT2D eigenvalue weighted by Crippen LogP contribution is 2.22. The van der Waals surface area contributed by atoms with Gasteiger partial charge in [-0.1, -0.05) is 24.3 Å². The molecule has 0 aliphatic rings. The van der Waals surface area contributed by atoms with Gasteiger partial charge in [0, 0.05) is 6.07 Å². The second kappa shape index (κ2) is 7.89. The molecule has 0 heterocycles. The third kappa shape index (κ3) is 5.39. The van der Waals surface area contributed by atoms with Gasteiger partial charge in [0.15, 0.2) is 6.61 Å². The van der Waals surface area contributed by atoms with E-state index < -0.39 is 5.97 Å². The van der Waals surface area contributed by atoms with Gasteiger partial charge in [0.1, 0.15) is 17.2 Å². The van der Waals surface area contributed by atoms with Gasteiger partial charge in [0.05, 0.1) is 6.61 Å². The van der Waals surface area contributed by atoms with Gasteiger partial charge in [0.2, 0.25) is 0 Å². The molecular weight excluding hydrogens is 296 g/mol.